The van der Waals surface area contributed by atoms with E-state index in [2.05, 4.69) is 59.1 Å². The molecule has 0 saturated heterocycles. The Labute approximate surface area is 163 Å². The summed E-state index contributed by atoms with van der Waals surface area (Å²) >= 11 is 1.64. The van der Waals surface area contributed by atoms with Crippen molar-refractivity contribution in [2.24, 2.45) is 12.0 Å². The molecule has 0 fully saturated rings. The molecular formula is C16H23IN6S. The molecule has 3 aromatic rings. The van der Waals surface area contributed by atoms with Gasteiger partial charge in [-0.05, 0) is 19.1 Å². The van der Waals surface area contributed by atoms with Gasteiger partial charge in [-0.15, -0.1) is 35.3 Å². The molecule has 0 amide bonds. The van der Waals surface area contributed by atoms with Crippen molar-refractivity contribution in [2.75, 3.05) is 13.6 Å². The molecule has 3 rings (SSSR count). The molecule has 0 aliphatic rings. The lowest BCUT2D eigenvalue weighted by molar-refractivity contribution is 0.461. The predicted octanol–water partition coefficient (Wildman–Crippen LogP) is 2.95. The number of imidazole rings is 1. The number of aryl methyl sites for hydroxylation is 1. The Bertz CT molecular complexity index is 774. The van der Waals surface area contributed by atoms with Gasteiger partial charge in [0.15, 0.2) is 10.9 Å². The van der Waals surface area contributed by atoms with Crippen molar-refractivity contribution in [3.63, 3.8) is 0 Å². The van der Waals surface area contributed by atoms with Gasteiger partial charge in [-0.3, -0.25) is 4.40 Å². The average Bonchev–Trinajstić information content (AvgIpc) is 3.20. The molecular weight excluding hydrogens is 435 g/mol. The van der Waals surface area contributed by atoms with Gasteiger partial charge in [-0.2, -0.15) is 0 Å². The molecule has 0 saturated carbocycles. The average molecular weight is 458 g/mol. The van der Waals surface area contributed by atoms with E-state index in [1.54, 1.807) is 11.3 Å². The summed E-state index contributed by atoms with van der Waals surface area (Å²) in [6, 6.07) is 4.19. The lowest BCUT2D eigenvalue weighted by Crippen LogP contribution is -2.38. The topological polar surface area (TPSA) is 49.9 Å². The zero-order chi connectivity index (χ0) is 16.2. The summed E-state index contributed by atoms with van der Waals surface area (Å²) in [4.78, 5) is 12.4. The van der Waals surface area contributed by atoms with Crippen molar-refractivity contribution in [1.29, 1.82) is 0 Å². The van der Waals surface area contributed by atoms with E-state index in [9.17, 15) is 0 Å². The molecule has 3 heterocycles. The molecule has 8 heteroatoms. The Hall–Kier alpha value is -1.55. The minimum Gasteiger partial charge on any atom is -0.357 e. The lowest BCUT2D eigenvalue weighted by atomic mass is 10.4. The van der Waals surface area contributed by atoms with Crippen molar-refractivity contribution >= 4 is 46.2 Å². The van der Waals surface area contributed by atoms with E-state index in [0.717, 1.165) is 29.7 Å². The number of hydrogen-bond donors (Lipinski definition) is 1. The van der Waals surface area contributed by atoms with Crippen LogP contribution in [0.5, 0.6) is 0 Å². The maximum absolute atomic E-state index is 4.72. The fraction of sp³-hybridized carbons (Fsp3) is 0.375. The van der Waals surface area contributed by atoms with Crippen molar-refractivity contribution in [1.82, 2.24) is 24.2 Å². The molecule has 24 heavy (non-hydrogen) atoms. The Morgan fingerprint density at radius 3 is 2.92 bits per heavy atom. The fourth-order valence-corrected chi connectivity index (χ4v) is 3.18. The van der Waals surface area contributed by atoms with Gasteiger partial charge >= 0.3 is 0 Å². The van der Waals surface area contributed by atoms with Crippen LogP contribution < -0.4 is 5.32 Å². The molecule has 130 valence electrons. The van der Waals surface area contributed by atoms with Crippen LogP contribution in [0.4, 0.5) is 0 Å². The van der Waals surface area contributed by atoms with E-state index in [4.69, 9.17) is 4.99 Å². The largest absolute Gasteiger partial charge is 0.357 e. The van der Waals surface area contributed by atoms with Gasteiger partial charge in [0, 0.05) is 50.3 Å². The van der Waals surface area contributed by atoms with Gasteiger partial charge < -0.3 is 14.8 Å². The van der Waals surface area contributed by atoms with E-state index in [-0.39, 0.29) is 24.0 Å². The first-order valence-corrected chi connectivity index (χ1v) is 8.56. The number of rotatable bonds is 5. The maximum Gasteiger partial charge on any atom is 0.194 e. The number of nitrogens with one attached hydrogen (secondary N) is 1. The molecule has 3 aromatic heterocycles. The number of fused-ring (bicyclic) bond motifs is 1. The van der Waals surface area contributed by atoms with Crippen LogP contribution in [0.15, 0.2) is 41.1 Å². The summed E-state index contributed by atoms with van der Waals surface area (Å²) in [6.45, 7) is 4.31. The Morgan fingerprint density at radius 2 is 2.25 bits per heavy atom. The van der Waals surface area contributed by atoms with Crippen LogP contribution in [0.2, 0.25) is 0 Å². The summed E-state index contributed by atoms with van der Waals surface area (Å²) in [7, 11) is 4.12. The molecule has 0 bridgehead atoms. The zero-order valence-corrected chi connectivity index (χ0v) is 17.3. The monoisotopic (exact) mass is 458 g/mol. The number of aromatic nitrogens is 3. The molecule has 0 spiro atoms. The summed E-state index contributed by atoms with van der Waals surface area (Å²) in [5.74, 6) is 0.894. The van der Waals surface area contributed by atoms with E-state index < -0.39 is 0 Å². The smallest absolute Gasteiger partial charge is 0.194 e. The minimum absolute atomic E-state index is 0. The van der Waals surface area contributed by atoms with Crippen LogP contribution in [0.3, 0.4) is 0 Å². The first-order valence-electron chi connectivity index (χ1n) is 7.68. The molecule has 0 radical (unpaired) electrons. The number of thiazole rings is 1. The van der Waals surface area contributed by atoms with Gasteiger partial charge in [0.25, 0.3) is 0 Å². The summed E-state index contributed by atoms with van der Waals surface area (Å²) in [5.41, 5.74) is 2.24. The van der Waals surface area contributed by atoms with E-state index in [1.165, 1.54) is 5.69 Å². The quantitative estimate of drug-likeness (QED) is 0.364. The third-order valence-electron chi connectivity index (χ3n) is 3.68. The zero-order valence-electron chi connectivity index (χ0n) is 14.1. The van der Waals surface area contributed by atoms with Crippen molar-refractivity contribution in [3.05, 3.63) is 47.5 Å². The second-order valence-electron chi connectivity index (χ2n) is 5.46. The van der Waals surface area contributed by atoms with Gasteiger partial charge in [-0.25, -0.2) is 9.98 Å². The molecule has 0 atom stereocenters. The Kier molecular flexibility index (Phi) is 6.67. The highest BCUT2D eigenvalue weighted by atomic mass is 127. The van der Waals surface area contributed by atoms with Crippen LogP contribution in [0, 0.1) is 0 Å². The first kappa shape index (κ1) is 18.8. The van der Waals surface area contributed by atoms with Gasteiger partial charge in [0.05, 0.1) is 18.8 Å². The molecule has 0 aliphatic heterocycles. The van der Waals surface area contributed by atoms with Crippen molar-refractivity contribution < 1.29 is 0 Å². The Morgan fingerprint density at radius 1 is 1.42 bits per heavy atom. The van der Waals surface area contributed by atoms with E-state index in [1.807, 2.05) is 22.2 Å². The second-order valence-corrected chi connectivity index (χ2v) is 6.33. The molecule has 0 aromatic carbocycles. The summed E-state index contributed by atoms with van der Waals surface area (Å²) in [5, 5.41) is 5.38. The number of guanidine groups is 1. The van der Waals surface area contributed by atoms with Crippen LogP contribution in [0.1, 0.15) is 18.3 Å². The number of nitrogens with zero attached hydrogens (tertiary/aromatic N) is 5. The molecule has 1 N–H and O–H groups in total. The third kappa shape index (κ3) is 4.29. The van der Waals surface area contributed by atoms with Crippen molar-refractivity contribution in [2.45, 2.75) is 20.0 Å². The highest BCUT2D eigenvalue weighted by molar-refractivity contribution is 14.0. The highest BCUT2D eigenvalue weighted by Crippen LogP contribution is 2.12. The summed E-state index contributed by atoms with van der Waals surface area (Å²) < 4.78 is 4.17. The normalized spacial score (nSPS) is 11.5. The van der Waals surface area contributed by atoms with Crippen molar-refractivity contribution in [3.8, 4) is 0 Å². The van der Waals surface area contributed by atoms with Gasteiger partial charge in [0.2, 0.25) is 0 Å². The standard InChI is InChI=1S/C16H22N6S.HI/c1-4-17-15(21(3)12-14-6-5-7-20(14)2)18-10-13-11-22-8-9-23-16(22)19-13;/h5-9,11H,4,10,12H2,1-3H3,(H,17,18);1H. The van der Waals surface area contributed by atoms with Crippen LogP contribution >= 0.6 is 35.3 Å². The molecule has 6 nitrogen and oxygen atoms in total. The third-order valence-corrected chi connectivity index (χ3v) is 4.45. The van der Waals surface area contributed by atoms with Gasteiger partial charge in [-0.1, -0.05) is 0 Å². The number of aliphatic imine (C=N–C) groups is 1. The Balaban J connectivity index is 0.00000208. The lowest BCUT2D eigenvalue weighted by Gasteiger charge is -2.22. The molecule has 0 aliphatic carbocycles. The highest BCUT2D eigenvalue weighted by Gasteiger charge is 2.09. The molecule has 0 unspecified atom stereocenters. The first-order chi connectivity index (χ1) is 11.2. The summed E-state index contributed by atoms with van der Waals surface area (Å²) in [6.07, 6.45) is 6.12. The van der Waals surface area contributed by atoms with Crippen LogP contribution in [-0.2, 0) is 20.1 Å². The second kappa shape index (κ2) is 8.52. The number of halogens is 1. The van der Waals surface area contributed by atoms with E-state index >= 15 is 0 Å². The fourth-order valence-electron chi connectivity index (χ4n) is 2.46. The number of hydrogen-bond acceptors (Lipinski definition) is 3. The van der Waals surface area contributed by atoms with Crippen LogP contribution in [0.25, 0.3) is 4.96 Å². The SMILES string of the molecule is CCNC(=NCc1cn2ccsc2n1)N(C)Cc1cccn1C.I. The maximum atomic E-state index is 4.72. The van der Waals surface area contributed by atoms with E-state index in [0.29, 0.717) is 6.54 Å². The van der Waals surface area contributed by atoms with Crippen LogP contribution in [-0.4, -0.2) is 38.4 Å². The predicted molar refractivity (Wildman–Crippen MR) is 110 cm³/mol. The van der Waals surface area contributed by atoms with Gasteiger partial charge in [0.1, 0.15) is 0 Å². The minimum atomic E-state index is 0.